The average molecular weight is 759 g/mol. The second-order valence-corrected chi connectivity index (χ2v) is 16.7. The average Bonchev–Trinajstić information content (AvgIpc) is 3.84. The van der Waals surface area contributed by atoms with Crippen LogP contribution in [0.1, 0.15) is 0 Å². The zero-order chi connectivity index (χ0) is 38.8. The highest BCUT2D eigenvalue weighted by molar-refractivity contribution is 6.91. The van der Waals surface area contributed by atoms with Gasteiger partial charge in [0, 0.05) is 88.9 Å². The van der Waals surface area contributed by atoms with E-state index in [1.807, 2.05) is 0 Å². The highest BCUT2D eigenvalue weighted by Gasteiger charge is 2.47. The monoisotopic (exact) mass is 758 g/mol. The van der Waals surface area contributed by atoms with Crippen LogP contribution in [0.3, 0.4) is 0 Å². The fourth-order valence-corrected chi connectivity index (χ4v) is 12.0. The molecule has 4 aliphatic rings. The van der Waals surface area contributed by atoms with Crippen LogP contribution in [-0.4, -0.2) is 22.7 Å². The smallest absolute Gasteiger partial charge is 0.333 e. The highest BCUT2D eigenvalue weighted by Crippen LogP contribution is 2.55. The molecule has 0 unspecified atom stereocenters. The van der Waals surface area contributed by atoms with E-state index in [1.165, 1.54) is 122 Å². The molecule has 2 aromatic heterocycles. The Morgan fingerprint density at radius 1 is 0.317 bits per heavy atom. The molecule has 0 radical (unpaired) electrons. The lowest BCUT2D eigenvalue weighted by atomic mass is 9.44. The van der Waals surface area contributed by atoms with Crippen molar-refractivity contribution in [2.45, 2.75) is 0 Å². The molecule has 0 N–H and O–H groups in total. The Balaban J connectivity index is 1.18. The van der Waals surface area contributed by atoms with E-state index in [0.29, 0.717) is 0 Å². The largest absolute Gasteiger partial charge is 0.375 e. The van der Waals surface area contributed by atoms with Crippen LogP contribution in [0.25, 0.3) is 65.9 Å². The quantitative estimate of drug-likeness (QED) is 0.163. The Morgan fingerprint density at radius 2 is 0.700 bits per heavy atom. The lowest BCUT2D eigenvalue weighted by Gasteiger charge is -2.41. The number of anilines is 6. The Morgan fingerprint density at radius 3 is 1.17 bits per heavy atom. The van der Waals surface area contributed by atoms with Crippen molar-refractivity contribution in [1.82, 2.24) is 8.96 Å². The zero-order valence-corrected chi connectivity index (χ0v) is 32.4. The van der Waals surface area contributed by atoms with Crippen molar-refractivity contribution in [1.29, 1.82) is 0 Å². The molecule has 11 aromatic rings. The standard InChI is InChI=1S/C54H32B2N4/c1-3-17-33(18-4-1)57-43-29-13-9-25-39(43)55-51-37(23-15-31-45(51)57)49-47-36-22-8-12-28-42(36)60-54(47)50(48-35-21-7-11-27-41(35)59(55)53(48)49)38-24-16-32-46-52(38)56(60)40-26-10-14-30-44(40)58(46)34-19-5-2-6-20-34/h1-32H. The molecule has 9 aromatic carbocycles. The van der Waals surface area contributed by atoms with Crippen molar-refractivity contribution in [3.8, 4) is 22.3 Å². The van der Waals surface area contributed by atoms with Gasteiger partial charge in [0.25, 0.3) is 0 Å². The van der Waals surface area contributed by atoms with Crippen LogP contribution < -0.4 is 31.7 Å². The molecule has 0 atom stereocenters. The third-order valence-electron chi connectivity index (χ3n) is 14.0. The molecule has 0 amide bonds. The van der Waals surface area contributed by atoms with Crippen LogP contribution in [-0.2, 0) is 0 Å². The van der Waals surface area contributed by atoms with Crippen molar-refractivity contribution in [3.63, 3.8) is 0 Å². The van der Waals surface area contributed by atoms with Gasteiger partial charge in [0.1, 0.15) is 0 Å². The second-order valence-electron chi connectivity index (χ2n) is 16.7. The van der Waals surface area contributed by atoms with Crippen LogP contribution in [0.15, 0.2) is 194 Å². The van der Waals surface area contributed by atoms with Crippen LogP contribution in [0.4, 0.5) is 34.1 Å². The first kappa shape index (κ1) is 31.3. The van der Waals surface area contributed by atoms with Gasteiger partial charge in [-0.1, -0.05) is 133 Å². The first-order valence-corrected chi connectivity index (χ1v) is 21.0. The van der Waals surface area contributed by atoms with Gasteiger partial charge in [-0.25, -0.2) is 0 Å². The van der Waals surface area contributed by atoms with Crippen LogP contribution in [0, 0.1) is 0 Å². The molecule has 6 heteroatoms. The molecular formula is C54H32B2N4. The van der Waals surface area contributed by atoms with E-state index in [9.17, 15) is 0 Å². The normalized spacial score (nSPS) is 13.9. The molecule has 0 fully saturated rings. The number of hydrogen-bond donors (Lipinski definition) is 0. The first-order chi connectivity index (χ1) is 29.9. The molecule has 6 heterocycles. The van der Waals surface area contributed by atoms with E-state index in [-0.39, 0.29) is 13.7 Å². The summed E-state index contributed by atoms with van der Waals surface area (Å²) in [5.41, 5.74) is 23.1. The maximum Gasteiger partial charge on any atom is 0.333 e. The minimum absolute atomic E-state index is 0.0123. The maximum absolute atomic E-state index is 2.72. The highest BCUT2D eigenvalue weighted by atomic mass is 15.2. The summed E-state index contributed by atoms with van der Waals surface area (Å²) in [5.74, 6) is 0. The van der Waals surface area contributed by atoms with Gasteiger partial charge in [-0.05, 0) is 93.6 Å². The molecule has 0 spiro atoms. The summed E-state index contributed by atoms with van der Waals surface area (Å²) in [6.45, 7) is -0.0246. The zero-order valence-electron chi connectivity index (χ0n) is 32.4. The van der Waals surface area contributed by atoms with Crippen molar-refractivity contribution in [3.05, 3.63) is 194 Å². The predicted octanol–water partition coefficient (Wildman–Crippen LogP) is 10.7. The molecule has 0 bridgehead atoms. The van der Waals surface area contributed by atoms with Gasteiger partial charge < -0.3 is 18.8 Å². The van der Waals surface area contributed by atoms with E-state index in [4.69, 9.17) is 0 Å². The van der Waals surface area contributed by atoms with Gasteiger partial charge in [0.15, 0.2) is 0 Å². The fraction of sp³-hybridized carbons (Fsp3) is 0. The Kier molecular flexibility index (Phi) is 5.78. The molecule has 274 valence electrons. The molecule has 0 aliphatic carbocycles. The van der Waals surface area contributed by atoms with Crippen LogP contribution >= 0.6 is 0 Å². The lowest BCUT2D eigenvalue weighted by molar-refractivity contribution is 1.25. The molecule has 60 heavy (non-hydrogen) atoms. The number of para-hydroxylation sites is 6. The van der Waals surface area contributed by atoms with Gasteiger partial charge in [0.2, 0.25) is 0 Å². The molecule has 15 rings (SSSR count). The Labute approximate surface area is 347 Å². The van der Waals surface area contributed by atoms with Crippen LogP contribution in [0.5, 0.6) is 0 Å². The number of rotatable bonds is 2. The second kappa shape index (κ2) is 11.1. The van der Waals surface area contributed by atoms with Crippen molar-refractivity contribution in [2.24, 2.45) is 0 Å². The third kappa shape index (κ3) is 3.60. The molecule has 0 saturated heterocycles. The number of aromatic nitrogens is 2. The van der Waals surface area contributed by atoms with Crippen molar-refractivity contribution >= 4 is 113 Å². The topological polar surface area (TPSA) is 16.3 Å². The van der Waals surface area contributed by atoms with E-state index in [1.54, 1.807) is 0 Å². The Bertz CT molecular complexity index is 3450. The molecule has 4 aliphatic heterocycles. The Hall–Kier alpha value is -7.69. The van der Waals surface area contributed by atoms with E-state index >= 15 is 0 Å². The maximum atomic E-state index is 2.72. The molecule has 4 nitrogen and oxygen atoms in total. The lowest BCUT2D eigenvalue weighted by Crippen LogP contribution is -2.57. The summed E-state index contributed by atoms with van der Waals surface area (Å²) < 4.78 is 5.45. The van der Waals surface area contributed by atoms with Crippen molar-refractivity contribution < 1.29 is 0 Å². The number of fused-ring (bicyclic) bond motifs is 16. The number of hydrogen-bond acceptors (Lipinski definition) is 2. The minimum atomic E-state index is -0.0123. The van der Waals surface area contributed by atoms with Gasteiger partial charge in [-0.3, -0.25) is 0 Å². The molecular weight excluding hydrogens is 726 g/mol. The number of nitrogens with zero attached hydrogens (tertiary/aromatic N) is 4. The minimum Gasteiger partial charge on any atom is -0.375 e. The van der Waals surface area contributed by atoms with Crippen molar-refractivity contribution in [2.75, 3.05) is 9.80 Å². The summed E-state index contributed by atoms with van der Waals surface area (Å²) in [5, 5.41) is 5.28. The SMILES string of the molecule is c1ccc(N2c3ccccc3B3c4c(cccc42)-c2c4c5ccccc5n5c4c(c4c6ccccc6n3c24)-c2cccc3c2B5c2ccccc2N3c2ccccc2)cc1. The van der Waals surface area contributed by atoms with Crippen LogP contribution in [0.2, 0.25) is 0 Å². The third-order valence-corrected chi connectivity index (χ3v) is 14.0. The van der Waals surface area contributed by atoms with E-state index in [2.05, 4.69) is 213 Å². The van der Waals surface area contributed by atoms with Gasteiger partial charge in [-0.15, -0.1) is 0 Å². The number of benzene rings is 9. The molecule has 0 saturated carbocycles. The van der Waals surface area contributed by atoms with E-state index in [0.717, 1.165) is 0 Å². The summed E-state index contributed by atoms with van der Waals surface area (Å²) >= 11 is 0. The summed E-state index contributed by atoms with van der Waals surface area (Å²) in [6, 6.07) is 72.5. The summed E-state index contributed by atoms with van der Waals surface area (Å²) in [4.78, 5) is 4.98. The summed E-state index contributed by atoms with van der Waals surface area (Å²) in [6.07, 6.45) is 0. The van der Waals surface area contributed by atoms with E-state index < -0.39 is 0 Å². The predicted molar refractivity (Wildman–Crippen MR) is 254 cm³/mol. The fourth-order valence-electron chi connectivity index (χ4n) is 12.0. The van der Waals surface area contributed by atoms with Gasteiger partial charge in [-0.2, -0.15) is 0 Å². The van der Waals surface area contributed by atoms with Gasteiger partial charge >= 0.3 is 13.7 Å². The summed E-state index contributed by atoms with van der Waals surface area (Å²) in [7, 11) is 0. The first-order valence-electron chi connectivity index (χ1n) is 21.0. The van der Waals surface area contributed by atoms with Gasteiger partial charge in [0.05, 0.1) is 0 Å².